The maximum atomic E-state index is 13.3. The number of amides is 3. The van der Waals surface area contributed by atoms with Gasteiger partial charge in [-0.25, -0.2) is 9.80 Å². The van der Waals surface area contributed by atoms with Gasteiger partial charge in [-0.2, -0.15) is 0 Å². The summed E-state index contributed by atoms with van der Waals surface area (Å²) in [5.41, 5.74) is 0.947. The van der Waals surface area contributed by atoms with Crippen molar-refractivity contribution in [3.05, 3.63) is 35.9 Å². The van der Waals surface area contributed by atoms with Crippen molar-refractivity contribution >= 4 is 23.7 Å². The molecule has 3 atom stereocenters. The number of carbonyl (C=O) groups excluding carboxylic acids is 3. The Morgan fingerprint density at radius 3 is 2.47 bits per heavy atom. The van der Waals surface area contributed by atoms with Crippen LogP contribution in [0, 0.1) is 11.8 Å². The molecule has 4 rings (SSSR count). The number of Topliss-reactive ketones (excluding diaryl/α,β-unsaturated/α-hetero) is 1. The molecule has 0 radical (unpaired) electrons. The number of hydrogen-bond acceptors (Lipinski definition) is 5. The minimum Gasteiger partial charge on any atom is -0.481 e. The van der Waals surface area contributed by atoms with Gasteiger partial charge in [0.1, 0.15) is 0 Å². The Bertz CT molecular complexity index is 886. The lowest BCUT2D eigenvalue weighted by atomic mass is 9.74. The van der Waals surface area contributed by atoms with Gasteiger partial charge in [-0.05, 0) is 18.4 Å². The van der Waals surface area contributed by atoms with Gasteiger partial charge in [0.05, 0.1) is 30.8 Å². The van der Waals surface area contributed by atoms with E-state index >= 15 is 0 Å². The number of likely N-dealkylation sites (tertiary alicyclic amines) is 1. The fraction of sp³-hybridized carbons (Fsp3) is 0.565. The van der Waals surface area contributed by atoms with Gasteiger partial charge in [-0.1, -0.05) is 43.2 Å². The Balaban J connectivity index is 1.60. The van der Waals surface area contributed by atoms with Gasteiger partial charge < -0.3 is 15.3 Å². The maximum Gasteiger partial charge on any atom is 0.332 e. The van der Waals surface area contributed by atoms with E-state index in [1.165, 1.54) is 5.01 Å². The molecule has 172 valence electrons. The van der Waals surface area contributed by atoms with Crippen molar-refractivity contribution < 1.29 is 24.3 Å². The first-order valence-electron chi connectivity index (χ1n) is 11.2. The number of carboxylic acid groups (broad SMARTS) is 1. The zero-order valence-electron chi connectivity index (χ0n) is 18.3. The lowest BCUT2D eigenvalue weighted by Gasteiger charge is -2.52. The molecule has 9 nitrogen and oxygen atoms in total. The number of hydrogen-bond donors (Lipinski definition) is 2. The van der Waals surface area contributed by atoms with Crippen molar-refractivity contribution in [3.8, 4) is 0 Å². The first-order chi connectivity index (χ1) is 15.4. The highest BCUT2D eigenvalue weighted by molar-refractivity contribution is 5.95. The average molecular weight is 443 g/mol. The minimum atomic E-state index is -1.11. The van der Waals surface area contributed by atoms with E-state index in [4.69, 9.17) is 0 Å². The third-order valence-corrected chi connectivity index (χ3v) is 6.93. The van der Waals surface area contributed by atoms with Gasteiger partial charge in [0.2, 0.25) is 5.91 Å². The van der Waals surface area contributed by atoms with Crippen molar-refractivity contribution in [1.82, 2.24) is 20.2 Å². The fourth-order valence-corrected chi connectivity index (χ4v) is 5.48. The van der Waals surface area contributed by atoms with E-state index in [-0.39, 0.29) is 36.9 Å². The van der Waals surface area contributed by atoms with E-state index in [0.717, 1.165) is 31.2 Å². The monoisotopic (exact) mass is 442 g/mol. The summed E-state index contributed by atoms with van der Waals surface area (Å²) in [5, 5.41) is 15.5. The van der Waals surface area contributed by atoms with Gasteiger partial charge in [0.15, 0.2) is 5.78 Å². The molecule has 3 fully saturated rings. The fourth-order valence-electron chi connectivity index (χ4n) is 5.48. The largest absolute Gasteiger partial charge is 0.481 e. The molecule has 3 amide bonds. The van der Waals surface area contributed by atoms with Crippen LogP contribution < -0.4 is 5.32 Å². The third-order valence-electron chi connectivity index (χ3n) is 6.93. The minimum absolute atomic E-state index is 0.0350. The molecule has 0 spiro atoms. The topological polar surface area (TPSA) is 110 Å². The molecule has 2 saturated heterocycles. The highest BCUT2D eigenvalue weighted by atomic mass is 16.4. The highest BCUT2D eigenvalue weighted by Crippen LogP contribution is 2.38. The predicted molar refractivity (Wildman–Crippen MR) is 115 cm³/mol. The maximum absolute atomic E-state index is 13.3. The second-order valence-electron chi connectivity index (χ2n) is 9.00. The summed E-state index contributed by atoms with van der Waals surface area (Å²) in [4.78, 5) is 52.8. The van der Waals surface area contributed by atoms with Crippen LogP contribution in [0.4, 0.5) is 4.79 Å². The molecule has 3 aliphatic rings. The van der Waals surface area contributed by atoms with Gasteiger partial charge in [0.25, 0.3) is 0 Å². The van der Waals surface area contributed by atoms with Crippen LogP contribution in [0.5, 0.6) is 0 Å². The Labute approximate surface area is 187 Å². The van der Waals surface area contributed by atoms with E-state index in [0.29, 0.717) is 6.54 Å². The molecule has 2 heterocycles. The number of carboxylic acids is 1. The van der Waals surface area contributed by atoms with Crippen molar-refractivity contribution in [1.29, 1.82) is 0 Å². The molecule has 1 aromatic carbocycles. The van der Waals surface area contributed by atoms with Crippen LogP contribution in [-0.4, -0.2) is 75.9 Å². The molecule has 1 saturated carbocycles. The van der Waals surface area contributed by atoms with Crippen LogP contribution in [0.1, 0.15) is 37.7 Å². The molecule has 2 aliphatic heterocycles. The summed E-state index contributed by atoms with van der Waals surface area (Å²) in [7, 11) is 1.68. The van der Waals surface area contributed by atoms with E-state index in [1.54, 1.807) is 17.0 Å². The number of likely N-dealkylation sites (N-methyl/N-ethyl adjacent to an activating group) is 1. The standard InChI is InChI=1S/C23H30N4O5/c1-25-14-19(28)21-17(11-20(29)30)22(31)26(16-9-5-6-10-16)13-18(21)27(25)23(32)24-12-15-7-3-2-4-8-15/h2-4,7-8,16-18,21H,5-6,9-14H2,1H3,(H,24,32)(H,29,30)/t17-,18+,21?/m1/s1. The van der Waals surface area contributed by atoms with Crippen LogP contribution in [-0.2, 0) is 20.9 Å². The lowest BCUT2D eigenvalue weighted by molar-refractivity contribution is -0.170. The third kappa shape index (κ3) is 4.34. The zero-order valence-corrected chi connectivity index (χ0v) is 18.3. The molecule has 0 aromatic heterocycles. The summed E-state index contributed by atoms with van der Waals surface area (Å²) < 4.78 is 0. The summed E-state index contributed by atoms with van der Waals surface area (Å²) in [6.45, 7) is 0.547. The highest BCUT2D eigenvalue weighted by Gasteiger charge is 2.54. The lowest BCUT2D eigenvalue weighted by Crippen LogP contribution is -2.71. The van der Waals surface area contributed by atoms with Crippen molar-refractivity contribution in [2.24, 2.45) is 11.8 Å². The predicted octanol–water partition coefficient (Wildman–Crippen LogP) is 1.49. The number of hydrazine groups is 1. The normalized spacial score (nSPS) is 26.8. The summed E-state index contributed by atoms with van der Waals surface area (Å²) in [6.07, 6.45) is 3.37. The van der Waals surface area contributed by atoms with Gasteiger partial charge in [-0.15, -0.1) is 0 Å². The Kier molecular flexibility index (Phi) is 6.45. The number of benzene rings is 1. The number of fused-ring (bicyclic) bond motifs is 1. The van der Waals surface area contributed by atoms with E-state index in [1.807, 2.05) is 30.3 Å². The zero-order chi connectivity index (χ0) is 22.8. The van der Waals surface area contributed by atoms with Gasteiger partial charge >= 0.3 is 12.0 Å². The number of carbonyl (C=O) groups is 4. The summed E-state index contributed by atoms with van der Waals surface area (Å²) >= 11 is 0. The van der Waals surface area contributed by atoms with E-state index < -0.39 is 30.3 Å². The van der Waals surface area contributed by atoms with Gasteiger partial charge in [-0.3, -0.25) is 19.4 Å². The second kappa shape index (κ2) is 9.28. The number of nitrogens with one attached hydrogen (secondary N) is 1. The van der Waals surface area contributed by atoms with Gasteiger partial charge in [0, 0.05) is 26.2 Å². The molecule has 9 heteroatoms. The Morgan fingerprint density at radius 2 is 1.81 bits per heavy atom. The number of ketones is 1. The molecule has 2 N–H and O–H groups in total. The Morgan fingerprint density at radius 1 is 1.12 bits per heavy atom. The molecule has 1 aliphatic carbocycles. The van der Waals surface area contributed by atoms with Crippen LogP contribution in [0.3, 0.4) is 0 Å². The molecule has 1 aromatic rings. The summed E-state index contributed by atoms with van der Waals surface area (Å²) in [5.74, 6) is -3.31. The average Bonchev–Trinajstić information content (AvgIpc) is 3.29. The molecule has 32 heavy (non-hydrogen) atoms. The molecular formula is C23H30N4O5. The molecule has 0 bridgehead atoms. The van der Waals surface area contributed by atoms with Crippen molar-refractivity contribution in [2.45, 2.75) is 50.7 Å². The smallest absolute Gasteiger partial charge is 0.332 e. The number of nitrogens with zero attached hydrogens (tertiary/aromatic N) is 3. The van der Waals surface area contributed by atoms with Crippen molar-refractivity contribution in [3.63, 3.8) is 0 Å². The quantitative estimate of drug-likeness (QED) is 0.715. The molecule has 1 unspecified atom stereocenters. The first kappa shape index (κ1) is 22.3. The number of piperidine rings is 1. The van der Waals surface area contributed by atoms with Crippen LogP contribution in [0.2, 0.25) is 0 Å². The van der Waals surface area contributed by atoms with Crippen LogP contribution in [0.15, 0.2) is 30.3 Å². The Hall–Kier alpha value is -2.94. The van der Waals surface area contributed by atoms with E-state index in [9.17, 15) is 24.3 Å². The van der Waals surface area contributed by atoms with Crippen LogP contribution >= 0.6 is 0 Å². The van der Waals surface area contributed by atoms with Crippen LogP contribution in [0.25, 0.3) is 0 Å². The molecular weight excluding hydrogens is 412 g/mol. The number of rotatable bonds is 5. The number of urea groups is 1. The summed E-state index contributed by atoms with van der Waals surface area (Å²) in [6, 6.07) is 8.62. The second-order valence-corrected chi connectivity index (χ2v) is 9.00. The van der Waals surface area contributed by atoms with Crippen molar-refractivity contribution in [2.75, 3.05) is 20.1 Å². The van der Waals surface area contributed by atoms with E-state index in [2.05, 4.69) is 5.32 Å². The SMILES string of the molecule is CN1CC(=O)C2[C@@H](CC(=O)O)C(=O)N(C3CCCC3)C[C@@H]2N1C(=O)NCc1ccccc1. The number of aliphatic carboxylic acids is 1. The first-order valence-corrected chi connectivity index (χ1v) is 11.2.